The highest BCUT2D eigenvalue weighted by atomic mass is 16.7. The van der Waals surface area contributed by atoms with Gasteiger partial charge in [0.25, 0.3) is 0 Å². The molecule has 6 heteroatoms. The summed E-state index contributed by atoms with van der Waals surface area (Å²) in [4.78, 5) is 19.1. The lowest BCUT2D eigenvalue weighted by Crippen LogP contribution is -2.47. The van der Waals surface area contributed by atoms with Crippen LogP contribution < -0.4 is 0 Å². The van der Waals surface area contributed by atoms with Gasteiger partial charge in [-0.1, -0.05) is 6.07 Å². The number of hydrogen-bond donors (Lipinski definition) is 0. The van der Waals surface area contributed by atoms with Gasteiger partial charge in [0.05, 0.1) is 18.9 Å². The lowest BCUT2D eigenvalue weighted by atomic mass is 10.0. The highest BCUT2D eigenvalue weighted by molar-refractivity contribution is 5.76. The number of amides is 1. The zero-order valence-corrected chi connectivity index (χ0v) is 14.0. The van der Waals surface area contributed by atoms with Gasteiger partial charge in [-0.3, -0.25) is 4.79 Å². The van der Waals surface area contributed by atoms with E-state index in [0.29, 0.717) is 39.1 Å². The minimum absolute atomic E-state index is 0.202. The van der Waals surface area contributed by atoms with E-state index < -0.39 is 5.79 Å². The fraction of sp³-hybridized carbons (Fsp3) is 0.556. The van der Waals surface area contributed by atoms with Gasteiger partial charge in [-0.2, -0.15) is 0 Å². The summed E-state index contributed by atoms with van der Waals surface area (Å²) in [6.45, 7) is 4.77. The maximum Gasteiger partial charge on any atom is 0.222 e. The van der Waals surface area contributed by atoms with E-state index in [4.69, 9.17) is 9.47 Å². The molecule has 2 fully saturated rings. The quantitative estimate of drug-likeness (QED) is 0.863. The van der Waals surface area contributed by atoms with E-state index in [1.54, 1.807) is 0 Å². The van der Waals surface area contributed by atoms with Crippen LogP contribution in [0.4, 0.5) is 0 Å². The monoisotopic (exact) mass is 329 g/mol. The molecule has 0 N–H and O–H groups in total. The third-order valence-electron chi connectivity index (χ3n) is 5.10. The van der Waals surface area contributed by atoms with E-state index in [-0.39, 0.29) is 5.91 Å². The molecule has 2 saturated heterocycles. The number of carbonyl (C=O) groups excluding carboxylic acids is 1. The molecule has 0 aliphatic carbocycles. The van der Waals surface area contributed by atoms with Gasteiger partial charge in [0.15, 0.2) is 5.79 Å². The molecule has 4 heterocycles. The molecule has 0 radical (unpaired) electrons. The number of nitrogens with zero attached hydrogens (tertiary/aromatic N) is 3. The molecule has 2 aromatic rings. The minimum atomic E-state index is -0.422. The maximum atomic E-state index is 12.6. The Hall–Kier alpha value is -1.92. The molecule has 2 aliphatic heterocycles. The Morgan fingerprint density at radius 2 is 2.00 bits per heavy atom. The molecule has 6 nitrogen and oxygen atoms in total. The van der Waals surface area contributed by atoms with E-state index in [1.807, 2.05) is 36.2 Å². The standard InChI is InChI=1S/C18H23N3O3/c1-14-15(21-9-3-2-4-16(21)19-14)5-6-17(22)20-10-7-18(8-11-20)23-12-13-24-18/h2-4,9H,5-8,10-13H2,1H3. The Morgan fingerprint density at radius 1 is 1.25 bits per heavy atom. The van der Waals surface area contributed by atoms with E-state index in [2.05, 4.69) is 9.38 Å². The summed E-state index contributed by atoms with van der Waals surface area (Å²) in [6, 6.07) is 5.96. The predicted octanol–water partition coefficient (Wildman–Crippen LogP) is 1.94. The maximum absolute atomic E-state index is 12.6. The Morgan fingerprint density at radius 3 is 2.75 bits per heavy atom. The number of aryl methyl sites for hydroxylation is 2. The summed E-state index contributed by atoms with van der Waals surface area (Å²) in [7, 11) is 0. The van der Waals surface area contributed by atoms with Gasteiger partial charge in [0, 0.05) is 44.2 Å². The normalized spacial score (nSPS) is 20.1. The number of hydrogen-bond acceptors (Lipinski definition) is 4. The fourth-order valence-electron chi connectivity index (χ4n) is 3.73. The van der Waals surface area contributed by atoms with Crippen molar-refractivity contribution in [1.29, 1.82) is 0 Å². The molecule has 24 heavy (non-hydrogen) atoms. The average molecular weight is 329 g/mol. The molecular formula is C18H23N3O3. The molecule has 0 aromatic carbocycles. The second-order valence-electron chi connectivity index (χ2n) is 6.56. The van der Waals surface area contributed by atoms with Crippen LogP contribution in [0.25, 0.3) is 5.65 Å². The lowest BCUT2D eigenvalue weighted by Gasteiger charge is -2.37. The van der Waals surface area contributed by atoms with Gasteiger partial charge in [0.2, 0.25) is 5.91 Å². The van der Waals surface area contributed by atoms with Crippen molar-refractivity contribution in [2.75, 3.05) is 26.3 Å². The molecule has 0 unspecified atom stereocenters. The predicted molar refractivity (Wildman–Crippen MR) is 88.7 cm³/mol. The van der Waals surface area contributed by atoms with Crippen LogP contribution in [-0.4, -0.2) is 52.3 Å². The summed E-state index contributed by atoms with van der Waals surface area (Å²) in [5.74, 6) is -0.220. The number of imidazole rings is 1. The number of ether oxygens (including phenoxy) is 2. The third-order valence-corrected chi connectivity index (χ3v) is 5.10. The molecule has 1 amide bonds. The van der Waals surface area contributed by atoms with Crippen LogP contribution in [0.15, 0.2) is 24.4 Å². The van der Waals surface area contributed by atoms with Gasteiger partial charge < -0.3 is 18.8 Å². The smallest absolute Gasteiger partial charge is 0.222 e. The number of fused-ring (bicyclic) bond motifs is 1. The second kappa shape index (κ2) is 6.18. The molecule has 128 valence electrons. The summed E-state index contributed by atoms with van der Waals surface area (Å²) in [6.07, 6.45) is 4.78. The Bertz CT molecular complexity index is 739. The summed E-state index contributed by atoms with van der Waals surface area (Å²) in [5, 5.41) is 0. The van der Waals surface area contributed by atoms with Crippen LogP contribution in [0.3, 0.4) is 0 Å². The number of pyridine rings is 1. The second-order valence-corrected chi connectivity index (χ2v) is 6.56. The van der Waals surface area contributed by atoms with Gasteiger partial charge in [-0.05, 0) is 25.5 Å². The molecule has 0 saturated carbocycles. The molecule has 2 aliphatic rings. The van der Waals surface area contributed by atoms with Crippen LogP contribution in [0.1, 0.15) is 30.7 Å². The largest absolute Gasteiger partial charge is 0.347 e. The van der Waals surface area contributed by atoms with Crippen molar-refractivity contribution >= 4 is 11.6 Å². The van der Waals surface area contributed by atoms with Crippen LogP contribution in [-0.2, 0) is 20.7 Å². The van der Waals surface area contributed by atoms with Crippen molar-refractivity contribution in [3.63, 3.8) is 0 Å². The van der Waals surface area contributed by atoms with Gasteiger partial charge in [0.1, 0.15) is 5.65 Å². The van der Waals surface area contributed by atoms with Crippen molar-refractivity contribution in [2.24, 2.45) is 0 Å². The summed E-state index contributed by atoms with van der Waals surface area (Å²) in [5.41, 5.74) is 3.06. The van der Waals surface area contributed by atoms with Crippen molar-refractivity contribution in [3.05, 3.63) is 35.8 Å². The van der Waals surface area contributed by atoms with Crippen LogP contribution in [0, 0.1) is 6.92 Å². The Kier molecular flexibility index (Phi) is 4.02. The topological polar surface area (TPSA) is 56.1 Å². The first-order valence-electron chi connectivity index (χ1n) is 8.65. The SMILES string of the molecule is Cc1nc2ccccn2c1CCC(=O)N1CCC2(CC1)OCCO2. The van der Waals surface area contributed by atoms with E-state index >= 15 is 0 Å². The zero-order chi connectivity index (χ0) is 16.6. The van der Waals surface area contributed by atoms with Gasteiger partial charge >= 0.3 is 0 Å². The number of carbonyl (C=O) groups is 1. The lowest BCUT2D eigenvalue weighted by molar-refractivity contribution is -0.187. The number of piperidine rings is 1. The van der Waals surface area contributed by atoms with E-state index in [1.165, 1.54) is 0 Å². The molecule has 2 aromatic heterocycles. The molecule has 1 spiro atoms. The van der Waals surface area contributed by atoms with Crippen LogP contribution >= 0.6 is 0 Å². The molecule has 4 rings (SSSR count). The molecule has 0 atom stereocenters. The number of likely N-dealkylation sites (tertiary alicyclic amines) is 1. The van der Waals surface area contributed by atoms with Crippen molar-refractivity contribution < 1.29 is 14.3 Å². The van der Waals surface area contributed by atoms with Gasteiger partial charge in [-0.25, -0.2) is 4.98 Å². The molecule has 0 bridgehead atoms. The summed E-state index contributed by atoms with van der Waals surface area (Å²) >= 11 is 0. The number of rotatable bonds is 3. The van der Waals surface area contributed by atoms with Gasteiger partial charge in [-0.15, -0.1) is 0 Å². The Balaban J connectivity index is 1.37. The van der Waals surface area contributed by atoms with Crippen LogP contribution in [0.2, 0.25) is 0 Å². The van der Waals surface area contributed by atoms with Crippen molar-refractivity contribution in [1.82, 2.24) is 14.3 Å². The third kappa shape index (κ3) is 2.80. The first-order chi connectivity index (χ1) is 11.7. The average Bonchev–Trinajstić information content (AvgIpc) is 3.17. The number of aromatic nitrogens is 2. The minimum Gasteiger partial charge on any atom is -0.347 e. The van der Waals surface area contributed by atoms with Crippen LogP contribution in [0.5, 0.6) is 0 Å². The summed E-state index contributed by atoms with van der Waals surface area (Å²) < 4.78 is 13.5. The first kappa shape index (κ1) is 15.6. The highest BCUT2D eigenvalue weighted by Gasteiger charge is 2.40. The Labute approximate surface area is 141 Å². The van der Waals surface area contributed by atoms with E-state index in [0.717, 1.165) is 29.9 Å². The van der Waals surface area contributed by atoms with E-state index in [9.17, 15) is 4.79 Å². The molecular weight excluding hydrogens is 306 g/mol. The highest BCUT2D eigenvalue weighted by Crippen LogP contribution is 2.31. The fourth-order valence-corrected chi connectivity index (χ4v) is 3.73. The van der Waals surface area contributed by atoms with Crippen molar-refractivity contribution in [2.45, 2.75) is 38.4 Å². The first-order valence-corrected chi connectivity index (χ1v) is 8.65. The zero-order valence-electron chi connectivity index (χ0n) is 14.0. The van der Waals surface area contributed by atoms with Crippen molar-refractivity contribution in [3.8, 4) is 0 Å².